The Morgan fingerprint density at radius 1 is 0.958 bits per heavy atom. The van der Waals surface area contributed by atoms with Gasteiger partial charge in [0.05, 0.1) is 17.3 Å². The Kier molecular flexibility index (Phi) is 5.74. The van der Waals surface area contributed by atoms with Crippen LogP contribution in [0.5, 0.6) is 0 Å². The summed E-state index contributed by atoms with van der Waals surface area (Å²) in [6, 6.07) is 17.1. The second-order valence-electron chi connectivity index (χ2n) is 5.83. The molecule has 0 bridgehead atoms. The number of carbonyl (C=O) groups is 2. The summed E-state index contributed by atoms with van der Waals surface area (Å²) in [6.07, 6.45) is 0.398. The molecular weight excluding hydrogens is 300 g/mol. The molecule has 0 heterocycles. The van der Waals surface area contributed by atoms with E-state index < -0.39 is 0 Å². The second-order valence-corrected chi connectivity index (χ2v) is 5.83. The average Bonchev–Trinajstić information content (AvgIpc) is 2.65. The molecule has 0 saturated carbocycles. The summed E-state index contributed by atoms with van der Waals surface area (Å²) in [4.78, 5) is 28.3. The molecule has 0 aliphatic carbocycles. The highest BCUT2D eigenvalue weighted by molar-refractivity contribution is 6.04. The average molecular weight is 324 g/mol. The second kappa shape index (κ2) is 7.77. The van der Waals surface area contributed by atoms with Crippen LogP contribution in [0.25, 0.3) is 0 Å². The van der Waals surface area contributed by atoms with Crippen LogP contribution in [0.2, 0.25) is 0 Å². The number of carbonyl (C=O) groups excluding carboxylic acids is 2. The van der Waals surface area contributed by atoms with E-state index in [0.717, 1.165) is 5.56 Å². The Hall–Kier alpha value is -2.62. The minimum Gasteiger partial charge on any atom is -0.335 e. The molecule has 2 aromatic rings. The van der Waals surface area contributed by atoms with E-state index in [2.05, 4.69) is 0 Å². The molecule has 0 aliphatic rings. The third-order valence-electron chi connectivity index (χ3n) is 4.36. The van der Waals surface area contributed by atoms with Gasteiger partial charge in [0, 0.05) is 20.5 Å². The zero-order valence-electron chi connectivity index (χ0n) is 14.7. The Morgan fingerprint density at radius 3 is 2.17 bits per heavy atom. The highest BCUT2D eigenvalue weighted by atomic mass is 16.2. The molecule has 0 fully saturated rings. The fourth-order valence-corrected chi connectivity index (χ4v) is 2.64. The minimum atomic E-state index is -0.0993. The number of hydrogen-bond acceptors (Lipinski definition) is 2. The van der Waals surface area contributed by atoms with E-state index >= 15 is 0 Å². The molecule has 126 valence electrons. The Morgan fingerprint density at radius 2 is 1.54 bits per heavy atom. The van der Waals surface area contributed by atoms with Crippen LogP contribution in [0.1, 0.15) is 42.2 Å². The van der Waals surface area contributed by atoms with Gasteiger partial charge in [0.2, 0.25) is 5.91 Å². The molecule has 0 radical (unpaired) electrons. The van der Waals surface area contributed by atoms with Crippen LogP contribution < -0.4 is 4.90 Å². The first-order valence-corrected chi connectivity index (χ1v) is 8.15. The molecular formula is C20H24N2O2. The molecule has 0 aliphatic heterocycles. The maximum Gasteiger partial charge on any atom is 0.256 e. The largest absolute Gasteiger partial charge is 0.335 e. The van der Waals surface area contributed by atoms with Crippen molar-refractivity contribution >= 4 is 17.5 Å². The van der Waals surface area contributed by atoms with E-state index in [-0.39, 0.29) is 17.9 Å². The number of benzene rings is 2. The number of amides is 2. The Bertz CT molecular complexity index is 713. The van der Waals surface area contributed by atoms with Gasteiger partial charge in [-0.05, 0) is 24.6 Å². The van der Waals surface area contributed by atoms with E-state index in [0.29, 0.717) is 17.7 Å². The third-order valence-corrected chi connectivity index (χ3v) is 4.36. The van der Waals surface area contributed by atoms with Crippen molar-refractivity contribution in [2.75, 3.05) is 19.0 Å². The van der Waals surface area contributed by atoms with E-state index in [9.17, 15) is 9.59 Å². The molecule has 0 saturated heterocycles. The van der Waals surface area contributed by atoms with Crippen molar-refractivity contribution in [3.63, 3.8) is 0 Å². The van der Waals surface area contributed by atoms with Gasteiger partial charge in [0.25, 0.3) is 5.91 Å². The first-order valence-electron chi connectivity index (χ1n) is 8.15. The summed E-state index contributed by atoms with van der Waals surface area (Å²) in [6.45, 7) is 3.81. The van der Waals surface area contributed by atoms with Crippen LogP contribution in [0.4, 0.5) is 5.69 Å². The Labute approximate surface area is 143 Å². The first kappa shape index (κ1) is 17.7. The van der Waals surface area contributed by atoms with Crippen molar-refractivity contribution in [1.29, 1.82) is 0 Å². The van der Waals surface area contributed by atoms with Crippen molar-refractivity contribution in [3.05, 3.63) is 65.7 Å². The number of anilines is 1. The minimum absolute atomic E-state index is 0.0194. The lowest BCUT2D eigenvalue weighted by molar-refractivity contribution is -0.118. The van der Waals surface area contributed by atoms with Gasteiger partial charge in [-0.2, -0.15) is 0 Å². The molecule has 4 nitrogen and oxygen atoms in total. The predicted octanol–water partition coefficient (Wildman–Crippen LogP) is 3.89. The van der Waals surface area contributed by atoms with Crippen molar-refractivity contribution in [2.45, 2.75) is 26.3 Å². The van der Waals surface area contributed by atoms with Gasteiger partial charge in [0.15, 0.2) is 0 Å². The van der Waals surface area contributed by atoms with Crippen LogP contribution in [-0.4, -0.2) is 30.8 Å². The van der Waals surface area contributed by atoms with E-state index in [1.54, 1.807) is 30.0 Å². The molecule has 24 heavy (non-hydrogen) atoms. The van der Waals surface area contributed by atoms with Crippen molar-refractivity contribution in [1.82, 2.24) is 4.90 Å². The quantitative estimate of drug-likeness (QED) is 0.837. The molecule has 1 atom stereocenters. The number of hydrogen-bond donors (Lipinski definition) is 0. The lowest BCUT2D eigenvalue weighted by Crippen LogP contribution is -2.33. The van der Waals surface area contributed by atoms with Gasteiger partial charge in [-0.15, -0.1) is 0 Å². The van der Waals surface area contributed by atoms with Crippen LogP contribution in [0, 0.1) is 0 Å². The highest BCUT2D eigenvalue weighted by Gasteiger charge is 2.23. The van der Waals surface area contributed by atoms with Crippen LogP contribution >= 0.6 is 0 Å². The van der Waals surface area contributed by atoms with Crippen molar-refractivity contribution in [2.24, 2.45) is 0 Å². The zero-order valence-corrected chi connectivity index (χ0v) is 14.7. The summed E-state index contributed by atoms with van der Waals surface area (Å²) >= 11 is 0. The fraction of sp³-hybridized carbons (Fsp3) is 0.300. The number of para-hydroxylation sites is 1. The van der Waals surface area contributed by atoms with E-state index in [1.807, 2.05) is 62.4 Å². The smallest absolute Gasteiger partial charge is 0.256 e. The molecule has 2 aromatic carbocycles. The predicted molar refractivity (Wildman–Crippen MR) is 97.1 cm³/mol. The van der Waals surface area contributed by atoms with E-state index in [4.69, 9.17) is 0 Å². The summed E-state index contributed by atoms with van der Waals surface area (Å²) in [5.74, 6) is -0.119. The van der Waals surface area contributed by atoms with Gasteiger partial charge >= 0.3 is 0 Å². The molecule has 4 heteroatoms. The topological polar surface area (TPSA) is 40.6 Å². The number of nitrogens with zero attached hydrogens (tertiary/aromatic N) is 2. The van der Waals surface area contributed by atoms with Crippen LogP contribution in [0.3, 0.4) is 0 Å². The third kappa shape index (κ3) is 3.65. The summed E-state index contributed by atoms with van der Waals surface area (Å²) in [7, 11) is 3.50. The highest BCUT2D eigenvalue weighted by Crippen LogP contribution is 2.25. The van der Waals surface area contributed by atoms with Crippen LogP contribution in [-0.2, 0) is 4.79 Å². The molecule has 0 spiro atoms. The fourth-order valence-electron chi connectivity index (χ4n) is 2.64. The first-order chi connectivity index (χ1) is 11.5. The summed E-state index contributed by atoms with van der Waals surface area (Å²) in [5.41, 5.74) is 2.25. The number of rotatable bonds is 5. The molecule has 2 amide bonds. The zero-order chi connectivity index (χ0) is 17.7. The maximum absolute atomic E-state index is 13.0. The standard InChI is InChI=1S/C20H24N2O2/c1-5-19(23)22(4)18-14-10-9-13-17(18)20(24)21(3)15(2)16-11-7-6-8-12-16/h6-15H,5H2,1-4H3/t15-/m1/s1. The maximum atomic E-state index is 13.0. The molecule has 0 aromatic heterocycles. The van der Waals surface area contributed by atoms with Gasteiger partial charge in [-0.25, -0.2) is 0 Å². The van der Waals surface area contributed by atoms with Gasteiger partial charge in [0.1, 0.15) is 0 Å². The van der Waals surface area contributed by atoms with Crippen molar-refractivity contribution in [3.8, 4) is 0 Å². The van der Waals surface area contributed by atoms with Gasteiger partial charge < -0.3 is 9.80 Å². The summed E-state index contributed by atoms with van der Waals surface area (Å²) < 4.78 is 0. The van der Waals surface area contributed by atoms with Crippen LogP contribution in [0.15, 0.2) is 54.6 Å². The van der Waals surface area contributed by atoms with E-state index in [1.165, 1.54) is 0 Å². The molecule has 2 rings (SSSR count). The Balaban J connectivity index is 2.31. The lowest BCUT2D eigenvalue weighted by atomic mass is 10.1. The lowest BCUT2D eigenvalue weighted by Gasteiger charge is -2.28. The molecule has 0 N–H and O–H groups in total. The molecule has 0 unspecified atom stereocenters. The SMILES string of the molecule is CCC(=O)N(C)c1ccccc1C(=O)N(C)[C@H](C)c1ccccc1. The van der Waals surface area contributed by atoms with Crippen molar-refractivity contribution < 1.29 is 9.59 Å². The normalized spacial score (nSPS) is 11.7. The van der Waals surface area contributed by atoms with Gasteiger partial charge in [-0.1, -0.05) is 49.4 Å². The monoisotopic (exact) mass is 324 g/mol. The summed E-state index contributed by atoms with van der Waals surface area (Å²) in [5, 5.41) is 0. The van der Waals surface area contributed by atoms with Gasteiger partial charge in [-0.3, -0.25) is 9.59 Å².